The molecule has 2 amide bonds. The van der Waals surface area contributed by atoms with Crippen molar-refractivity contribution in [3.05, 3.63) is 65.7 Å². The van der Waals surface area contributed by atoms with Crippen molar-refractivity contribution in [3.63, 3.8) is 0 Å². The van der Waals surface area contributed by atoms with Crippen LogP contribution < -0.4 is 14.9 Å². The zero-order valence-electron chi connectivity index (χ0n) is 25.5. The fourth-order valence-corrected chi connectivity index (χ4v) is 5.75. The predicted octanol–water partition coefficient (Wildman–Crippen LogP) is 3.50. The molecule has 4 atom stereocenters. The molecule has 232 valence electrons. The van der Waals surface area contributed by atoms with E-state index in [0.717, 1.165) is 4.31 Å². The van der Waals surface area contributed by atoms with Crippen LogP contribution in [-0.4, -0.2) is 63.7 Å². The van der Waals surface area contributed by atoms with E-state index in [1.54, 1.807) is 63.2 Å². The summed E-state index contributed by atoms with van der Waals surface area (Å²) < 4.78 is 32.0. The van der Waals surface area contributed by atoms with Gasteiger partial charge in [0.25, 0.3) is 5.91 Å². The maximum absolute atomic E-state index is 13.3. The lowest BCUT2D eigenvalue weighted by molar-refractivity contribution is -0.147. The van der Waals surface area contributed by atoms with Gasteiger partial charge in [0.15, 0.2) is 0 Å². The first-order valence-electron chi connectivity index (χ1n) is 14.1. The van der Waals surface area contributed by atoms with E-state index in [1.807, 2.05) is 19.9 Å². The van der Waals surface area contributed by atoms with Gasteiger partial charge in [0.1, 0.15) is 6.04 Å². The normalized spacial score (nSPS) is 14.5. The molecule has 0 aliphatic rings. The average Bonchev–Trinajstić information content (AvgIpc) is 2.94. The SMILES string of the molecule is COC(=O)[C@@H](NC(=O)[C@H](C)C[C@H](O)[C@H](CC(C)C)NC(=O)c1cccc(N(C)S(=O)(=O)Cc2ccccc2)c1)C(C)C. The number of benzene rings is 2. The summed E-state index contributed by atoms with van der Waals surface area (Å²) in [5.74, 6) is -2.32. The summed E-state index contributed by atoms with van der Waals surface area (Å²) in [6.45, 7) is 9.15. The van der Waals surface area contributed by atoms with Gasteiger partial charge in [0.05, 0.1) is 30.7 Å². The third-order valence-corrected chi connectivity index (χ3v) is 8.79. The van der Waals surface area contributed by atoms with E-state index in [0.29, 0.717) is 17.7 Å². The fraction of sp³-hybridized carbons (Fsp3) is 0.516. The van der Waals surface area contributed by atoms with Crippen molar-refractivity contribution in [2.24, 2.45) is 17.8 Å². The second kappa shape index (κ2) is 15.7. The molecule has 2 aromatic carbocycles. The van der Waals surface area contributed by atoms with Crippen molar-refractivity contribution < 1.29 is 32.6 Å². The molecule has 0 heterocycles. The monoisotopic (exact) mass is 603 g/mol. The Labute approximate surface area is 249 Å². The van der Waals surface area contributed by atoms with Crippen molar-refractivity contribution in [2.75, 3.05) is 18.5 Å². The van der Waals surface area contributed by atoms with Gasteiger partial charge < -0.3 is 20.5 Å². The van der Waals surface area contributed by atoms with E-state index in [2.05, 4.69) is 10.6 Å². The van der Waals surface area contributed by atoms with Gasteiger partial charge in [-0.25, -0.2) is 13.2 Å². The molecule has 0 aliphatic heterocycles. The Kier molecular flexibility index (Phi) is 13.0. The lowest BCUT2D eigenvalue weighted by Crippen LogP contribution is -2.49. The molecule has 0 aliphatic carbocycles. The molecule has 0 radical (unpaired) electrons. The number of amides is 2. The average molecular weight is 604 g/mol. The number of sulfonamides is 1. The molecular weight excluding hydrogens is 558 g/mol. The Balaban J connectivity index is 2.14. The summed E-state index contributed by atoms with van der Waals surface area (Å²) in [7, 11) is -1.01. The molecule has 0 spiro atoms. The standard InChI is InChI=1S/C31H45N3O7S/c1-20(2)16-26(27(35)17-22(5)29(36)33-28(21(3)4)31(38)41-7)32-30(37)24-14-11-15-25(18-24)34(6)42(39,40)19-23-12-9-8-10-13-23/h8-15,18,20-22,26-28,35H,16-17,19H2,1-7H3,(H,32,37)(H,33,36)/t22-,26+,27+,28+/m1/s1. The van der Waals surface area contributed by atoms with Crippen molar-refractivity contribution in [3.8, 4) is 0 Å². The number of carbonyl (C=O) groups is 3. The molecule has 0 aromatic heterocycles. The molecule has 0 bridgehead atoms. The minimum absolute atomic E-state index is 0.0516. The number of nitrogens with zero attached hydrogens (tertiary/aromatic N) is 1. The first-order chi connectivity index (χ1) is 19.7. The van der Waals surface area contributed by atoms with Crippen LogP contribution in [0.1, 0.15) is 63.4 Å². The minimum Gasteiger partial charge on any atom is -0.467 e. The number of hydrogen-bond acceptors (Lipinski definition) is 7. The zero-order valence-corrected chi connectivity index (χ0v) is 26.4. The number of esters is 1. The first kappa shape index (κ1) is 34.8. The topological polar surface area (TPSA) is 142 Å². The molecule has 0 saturated heterocycles. The molecule has 11 heteroatoms. The Bertz CT molecular complexity index is 1300. The first-order valence-corrected chi connectivity index (χ1v) is 15.7. The van der Waals surface area contributed by atoms with Crippen LogP contribution in [-0.2, 0) is 30.1 Å². The highest BCUT2D eigenvalue weighted by atomic mass is 32.2. The number of aliphatic hydroxyl groups excluding tert-OH is 1. The Hall–Kier alpha value is -3.44. The molecular formula is C31H45N3O7S. The van der Waals surface area contributed by atoms with Crippen LogP contribution in [0.2, 0.25) is 0 Å². The van der Waals surface area contributed by atoms with Gasteiger partial charge in [-0.1, -0.05) is 71.0 Å². The van der Waals surface area contributed by atoms with E-state index in [9.17, 15) is 27.9 Å². The lowest BCUT2D eigenvalue weighted by atomic mass is 9.92. The minimum atomic E-state index is -3.71. The van der Waals surface area contributed by atoms with Gasteiger partial charge in [-0.2, -0.15) is 0 Å². The smallest absolute Gasteiger partial charge is 0.328 e. The summed E-state index contributed by atoms with van der Waals surface area (Å²) in [4.78, 5) is 38.2. The van der Waals surface area contributed by atoms with Crippen LogP contribution >= 0.6 is 0 Å². The van der Waals surface area contributed by atoms with Crippen LogP contribution in [0.15, 0.2) is 54.6 Å². The highest BCUT2D eigenvalue weighted by Crippen LogP contribution is 2.22. The molecule has 0 saturated carbocycles. The van der Waals surface area contributed by atoms with Crippen molar-refractivity contribution in [2.45, 2.75) is 71.4 Å². The molecule has 2 rings (SSSR count). The fourth-order valence-electron chi connectivity index (χ4n) is 4.51. The molecule has 0 fully saturated rings. The summed E-state index contributed by atoms with van der Waals surface area (Å²) in [6, 6.07) is 13.6. The van der Waals surface area contributed by atoms with Crippen LogP contribution in [0, 0.1) is 17.8 Å². The quantitative estimate of drug-likeness (QED) is 0.265. The third kappa shape index (κ3) is 10.1. The van der Waals surface area contributed by atoms with Gasteiger partial charge in [-0.3, -0.25) is 13.9 Å². The van der Waals surface area contributed by atoms with Crippen LogP contribution in [0.25, 0.3) is 0 Å². The van der Waals surface area contributed by atoms with Crippen molar-refractivity contribution >= 4 is 33.5 Å². The number of carbonyl (C=O) groups excluding carboxylic acids is 3. The molecule has 42 heavy (non-hydrogen) atoms. The lowest BCUT2D eigenvalue weighted by Gasteiger charge is -2.28. The number of ether oxygens (including phenoxy) is 1. The van der Waals surface area contributed by atoms with Gasteiger partial charge in [-0.15, -0.1) is 0 Å². The van der Waals surface area contributed by atoms with Crippen LogP contribution in [0.4, 0.5) is 5.69 Å². The third-order valence-electron chi connectivity index (χ3n) is 7.05. The Morgan fingerprint density at radius 2 is 1.57 bits per heavy atom. The van der Waals surface area contributed by atoms with E-state index in [4.69, 9.17) is 4.74 Å². The van der Waals surface area contributed by atoms with Gasteiger partial charge in [0.2, 0.25) is 15.9 Å². The van der Waals surface area contributed by atoms with Gasteiger partial charge in [0, 0.05) is 18.5 Å². The summed E-state index contributed by atoms with van der Waals surface area (Å²) in [5.41, 5.74) is 1.21. The maximum atomic E-state index is 13.3. The predicted molar refractivity (Wildman–Crippen MR) is 163 cm³/mol. The number of rotatable bonds is 15. The summed E-state index contributed by atoms with van der Waals surface area (Å²) in [5, 5.41) is 16.7. The Morgan fingerprint density at radius 3 is 2.14 bits per heavy atom. The zero-order chi connectivity index (χ0) is 31.6. The number of methoxy groups -OCH3 is 1. The number of hydrogen-bond donors (Lipinski definition) is 3. The second-order valence-corrected chi connectivity index (χ2v) is 13.4. The maximum Gasteiger partial charge on any atom is 0.328 e. The molecule has 10 nitrogen and oxygen atoms in total. The summed E-state index contributed by atoms with van der Waals surface area (Å²) >= 11 is 0. The number of anilines is 1. The highest BCUT2D eigenvalue weighted by molar-refractivity contribution is 7.92. The van der Waals surface area contributed by atoms with E-state index < -0.39 is 51.9 Å². The molecule has 3 N–H and O–H groups in total. The van der Waals surface area contributed by atoms with Crippen LogP contribution in [0.5, 0.6) is 0 Å². The van der Waals surface area contributed by atoms with E-state index >= 15 is 0 Å². The second-order valence-electron chi connectivity index (χ2n) is 11.4. The van der Waals surface area contributed by atoms with Crippen molar-refractivity contribution in [1.82, 2.24) is 10.6 Å². The van der Waals surface area contributed by atoms with Gasteiger partial charge >= 0.3 is 5.97 Å². The number of nitrogens with one attached hydrogen (secondary N) is 2. The van der Waals surface area contributed by atoms with Gasteiger partial charge in [-0.05, 0) is 48.4 Å². The van der Waals surface area contributed by atoms with E-state index in [1.165, 1.54) is 20.2 Å². The highest BCUT2D eigenvalue weighted by Gasteiger charge is 2.30. The summed E-state index contributed by atoms with van der Waals surface area (Å²) in [6.07, 6.45) is -0.552. The van der Waals surface area contributed by atoms with Crippen LogP contribution in [0.3, 0.4) is 0 Å². The van der Waals surface area contributed by atoms with E-state index in [-0.39, 0.29) is 29.6 Å². The largest absolute Gasteiger partial charge is 0.467 e. The molecule has 0 unspecified atom stereocenters. The Morgan fingerprint density at radius 1 is 0.929 bits per heavy atom. The molecule has 2 aromatic rings. The number of aliphatic hydroxyl groups is 1. The van der Waals surface area contributed by atoms with Crippen molar-refractivity contribution in [1.29, 1.82) is 0 Å².